The molecule has 4 rings (SSSR count). The first-order valence-corrected chi connectivity index (χ1v) is 7.80. The molecule has 2 amide bonds. The summed E-state index contributed by atoms with van der Waals surface area (Å²) in [5, 5.41) is 10.7. The van der Waals surface area contributed by atoms with Crippen molar-refractivity contribution in [3.8, 4) is 0 Å². The molecule has 0 spiro atoms. The molecule has 24 heavy (non-hydrogen) atoms. The second-order valence-corrected chi connectivity index (χ2v) is 5.90. The van der Waals surface area contributed by atoms with Crippen LogP contribution in [0.2, 0.25) is 0 Å². The fourth-order valence-electron chi connectivity index (χ4n) is 3.00. The van der Waals surface area contributed by atoms with Gasteiger partial charge in [0, 0.05) is 29.7 Å². The van der Waals surface area contributed by atoms with E-state index in [9.17, 15) is 9.59 Å². The summed E-state index contributed by atoms with van der Waals surface area (Å²) in [5.74, 6) is -0.513. The van der Waals surface area contributed by atoms with Crippen LogP contribution in [0.15, 0.2) is 54.7 Å². The van der Waals surface area contributed by atoms with E-state index < -0.39 is 0 Å². The molecule has 6 nitrogen and oxygen atoms in total. The monoisotopic (exact) mass is 320 g/mol. The molecular weight excluding hydrogens is 304 g/mol. The van der Waals surface area contributed by atoms with Crippen molar-refractivity contribution in [3.63, 3.8) is 0 Å². The molecule has 0 aliphatic carbocycles. The fourth-order valence-corrected chi connectivity index (χ4v) is 3.00. The summed E-state index contributed by atoms with van der Waals surface area (Å²) < 4.78 is 0. The van der Waals surface area contributed by atoms with Crippen LogP contribution in [0.4, 0.5) is 11.4 Å². The van der Waals surface area contributed by atoms with E-state index >= 15 is 0 Å². The summed E-state index contributed by atoms with van der Waals surface area (Å²) in [4.78, 5) is 26.4. The molecule has 1 unspecified atom stereocenters. The summed E-state index contributed by atoms with van der Waals surface area (Å²) in [5.41, 5.74) is 2.39. The van der Waals surface area contributed by atoms with Gasteiger partial charge in [-0.25, -0.2) is 0 Å². The van der Waals surface area contributed by atoms with E-state index in [4.69, 9.17) is 0 Å². The average Bonchev–Trinajstić information content (AvgIpc) is 3.21. The SMILES string of the molecule is O=C(Nc1ccc2cn[nH]c2c1)C1CC(=O)N(c2ccccc2)C1. The molecule has 6 heteroatoms. The Balaban J connectivity index is 1.48. The molecule has 3 aromatic rings. The van der Waals surface area contributed by atoms with Crippen LogP contribution in [0.5, 0.6) is 0 Å². The number of carbonyl (C=O) groups excluding carboxylic acids is 2. The number of aromatic amines is 1. The average molecular weight is 320 g/mol. The third kappa shape index (κ3) is 2.62. The Hall–Kier alpha value is -3.15. The van der Waals surface area contributed by atoms with Crippen molar-refractivity contribution in [2.75, 3.05) is 16.8 Å². The van der Waals surface area contributed by atoms with Gasteiger partial charge in [-0.3, -0.25) is 14.7 Å². The van der Waals surface area contributed by atoms with E-state index in [1.54, 1.807) is 11.1 Å². The Labute approximate surface area is 138 Å². The highest BCUT2D eigenvalue weighted by Crippen LogP contribution is 2.26. The highest BCUT2D eigenvalue weighted by molar-refractivity contribution is 6.04. The zero-order chi connectivity index (χ0) is 16.5. The van der Waals surface area contributed by atoms with Crippen molar-refractivity contribution in [2.24, 2.45) is 5.92 Å². The standard InChI is InChI=1S/C18H16N4O2/c23-17-8-13(11-22(17)15-4-2-1-3-5-15)18(24)20-14-7-6-12-10-19-21-16(12)9-14/h1-7,9-10,13H,8,11H2,(H,19,21)(H,20,24). The van der Waals surface area contributed by atoms with Crippen LogP contribution in [0.1, 0.15) is 6.42 Å². The molecule has 2 heterocycles. The quantitative estimate of drug-likeness (QED) is 0.778. The molecule has 1 aliphatic heterocycles. The van der Waals surface area contributed by atoms with Gasteiger partial charge in [0.05, 0.1) is 17.6 Å². The number of hydrogen-bond donors (Lipinski definition) is 2. The van der Waals surface area contributed by atoms with Crippen molar-refractivity contribution in [3.05, 3.63) is 54.7 Å². The number of nitrogens with one attached hydrogen (secondary N) is 2. The predicted octanol–water partition coefficient (Wildman–Crippen LogP) is 2.55. The van der Waals surface area contributed by atoms with Crippen LogP contribution in [0, 0.1) is 5.92 Å². The number of amides is 2. The van der Waals surface area contributed by atoms with Gasteiger partial charge < -0.3 is 10.2 Å². The van der Waals surface area contributed by atoms with Crippen molar-refractivity contribution >= 4 is 34.1 Å². The molecule has 1 saturated heterocycles. The van der Waals surface area contributed by atoms with Gasteiger partial charge in [0.15, 0.2) is 0 Å². The zero-order valence-corrected chi connectivity index (χ0v) is 12.9. The number of hydrogen-bond acceptors (Lipinski definition) is 3. The van der Waals surface area contributed by atoms with E-state index in [-0.39, 0.29) is 24.2 Å². The van der Waals surface area contributed by atoms with Crippen LogP contribution >= 0.6 is 0 Å². The van der Waals surface area contributed by atoms with E-state index in [0.29, 0.717) is 12.2 Å². The summed E-state index contributed by atoms with van der Waals surface area (Å²) >= 11 is 0. The number of nitrogens with zero attached hydrogens (tertiary/aromatic N) is 2. The van der Waals surface area contributed by atoms with Crippen molar-refractivity contribution in [1.82, 2.24) is 10.2 Å². The summed E-state index contributed by atoms with van der Waals surface area (Å²) in [6, 6.07) is 15.0. The Bertz CT molecular complexity index is 904. The predicted molar refractivity (Wildman–Crippen MR) is 91.6 cm³/mol. The maximum Gasteiger partial charge on any atom is 0.229 e. The lowest BCUT2D eigenvalue weighted by Crippen LogP contribution is -2.28. The molecule has 1 fully saturated rings. The van der Waals surface area contributed by atoms with E-state index in [2.05, 4.69) is 15.5 Å². The number of H-pyrrole nitrogens is 1. The maximum absolute atomic E-state index is 12.5. The van der Waals surface area contributed by atoms with Gasteiger partial charge in [0.25, 0.3) is 0 Å². The summed E-state index contributed by atoms with van der Waals surface area (Å²) in [6.07, 6.45) is 1.96. The number of aromatic nitrogens is 2. The number of benzene rings is 2. The molecule has 2 aromatic carbocycles. The van der Waals surface area contributed by atoms with Crippen molar-refractivity contribution in [1.29, 1.82) is 0 Å². The lowest BCUT2D eigenvalue weighted by molar-refractivity contribution is -0.122. The summed E-state index contributed by atoms with van der Waals surface area (Å²) in [6.45, 7) is 0.404. The first-order valence-electron chi connectivity index (χ1n) is 7.80. The molecule has 1 atom stereocenters. The Kier molecular flexibility index (Phi) is 3.49. The van der Waals surface area contributed by atoms with Gasteiger partial charge in [-0.05, 0) is 30.3 Å². The molecule has 1 aliphatic rings. The van der Waals surface area contributed by atoms with Crippen LogP contribution in [0.25, 0.3) is 10.9 Å². The molecular formula is C18H16N4O2. The van der Waals surface area contributed by atoms with Crippen LogP contribution in [-0.2, 0) is 9.59 Å². The smallest absolute Gasteiger partial charge is 0.229 e. The first-order chi connectivity index (χ1) is 11.7. The minimum absolute atomic E-state index is 0.0228. The van der Waals surface area contributed by atoms with Gasteiger partial charge in [-0.1, -0.05) is 18.2 Å². The second-order valence-electron chi connectivity index (χ2n) is 5.90. The number of para-hydroxylation sites is 1. The van der Waals surface area contributed by atoms with E-state index in [1.165, 1.54) is 0 Å². The topological polar surface area (TPSA) is 78.1 Å². The highest BCUT2D eigenvalue weighted by atomic mass is 16.2. The normalized spacial score (nSPS) is 17.4. The van der Waals surface area contributed by atoms with Crippen LogP contribution in [0.3, 0.4) is 0 Å². The summed E-state index contributed by atoms with van der Waals surface area (Å²) in [7, 11) is 0. The largest absolute Gasteiger partial charge is 0.326 e. The molecule has 0 saturated carbocycles. The Morgan fingerprint density at radius 1 is 1.21 bits per heavy atom. The highest BCUT2D eigenvalue weighted by Gasteiger charge is 2.35. The number of rotatable bonds is 3. The van der Waals surface area contributed by atoms with Crippen molar-refractivity contribution in [2.45, 2.75) is 6.42 Å². The second kappa shape index (κ2) is 5.81. The van der Waals surface area contributed by atoms with Gasteiger partial charge in [-0.2, -0.15) is 5.10 Å². The minimum atomic E-state index is -0.352. The molecule has 0 radical (unpaired) electrons. The van der Waals surface area contributed by atoms with Gasteiger partial charge >= 0.3 is 0 Å². The molecule has 1 aromatic heterocycles. The van der Waals surface area contributed by atoms with Gasteiger partial charge in [0.1, 0.15) is 0 Å². The zero-order valence-electron chi connectivity index (χ0n) is 12.9. The van der Waals surface area contributed by atoms with Crippen LogP contribution < -0.4 is 10.2 Å². The molecule has 0 bridgehead atoms. The maximum atomic E-state index is 12.5. The lowest BCUT2D eigenvalue weighted by Gasteiger charge is -2.16. The Morgan fingerprint density at radius 3 is 2.88 bits per heavy atom. The van der Waals surface area contributed by atoms with Crippen LogP contribution in [-0.4, -0.2) is 28.6 Å². The van der Waals surface area contributed by atoms with E-state index in [1.807, 2.05) is 48.5 Å². The number of carbonyl (C=O) groups is 2. The third-order valence-electron chi connectivity index (χ3n) is 4.27. The van der Waals surface area contributed by atoms with Gasteiger partial charge in [0.2, 0.25) is 11.8 Å². The molecule has 2 N–H and O–H groups in total. The number of fused-ring (bicyclic) bond motifs is 1. The van der Waals surface area contributed by atoms with E-state index in [0.717, 1.165) is 16.6 Å². The first kappa shape index (κ1) is 14.4. The van der Waals surface area contributed by atoms with Crippen molar-refractivity contribution < 1.29 is 9.59 Å². The lowest BCUT2D eigenvalue weighted by atomic mass is 10.1. The fraction of sp³-hybridized carbons (Fsp3) is 0.167. The number of anilines is 2. The minimum Gasteiger partial charge on any atom is -0.326 e. The third-order valence-corrected chi connectivity index (χ3v) is 4.27. The Morgan fingerprint density at radius 2 is 2.04 bits per heavy atom. The molecule has 120 valence electrons. The van der Waals surface area contributed by atoms with Gasteiger partial charge in [-0.15, -0.1) is 0 Å².